The minimum absolute atomic E-state index is 0.218. The number of hydroxylamine groups is 3. The molecule has 0 saturated heterocycles. The molecule has 0 aliphatic heterocycles. The molecule has 0 spiro atoms. The van der Waals surface area contributed by atoms with Gasteiger partial charge in [0.25, 0.3) is 0 Å². The lowest BCUT2D eigenvalue weighted by atomic mass is 10.1. The van der Waals surface area contributed by atoms with Gasteiger partial charge in [0, 0.05) is 17.8 Å². The van der Waals surface area contributed by atoms with Crippen molar-refractivity contribution in [3.05, 3.63) is 59.3 Å². The summed E-state index contributed by atoms with van der Waals surface area (Å²) in [4.78, 5) is 0. The normalized spacial score (nSPS) is 14.0. The number of hydrogen-bond donors (Lipinski definition) is 2. The molecule has 0 heterocycles. The molecule has 2 aromatic carbocycles. The fraction of sp³-hybridized carbons (Fsp3) is 0.368. The number of nitrogens with one attached hydrogen (secondary N) is 2. The highest BCUT2D eigenvalue weighted by Gasteiger charge is 2.11. The van der Waals surface area contributed by atoms with Crippen LogP contribution in [0, 0.1) is 5.21 Å². The van der Waals surface area contributed by atoms with Crippen LogP contribution in [-0.4, -0.2) is 60.7 Å². The highest BCUT2D eigenvalue weighted by molar-refractivity contribution is 7.92. The maximum atomic E-state index is 12.6. The van der Waals surface area contributed by atoms with Gasteiger partial charge in [-0.05, 0) is 42.0 Å². The van der Waals surface area contributed by atoms with E-state index in [1.54, 1.807) is 55.6 Å². The maximum Gasteiger partial charge on any atom is 0.229 e. The Morgan fingerprint density at radius 2 is 1.30 bits per heavy atom. The van der Waals surface area contributed by atoms with Gasteiger partial charge < -0.3 is 14.6 Å². The van der Waals surface area contributed by atoms with Crippen LogP contribution >= 0.6 is 0 Å². The van der Waals surface area contributed by atoms with Crippen molar-refractivity contribution in [3.8, 4) is 5.75 Å². The Hall–Kier alpha value is -2.34. The molecular formula is C19H27N3O6S2. The van der Waals surface area contributed by atoms with E-state index in [2.05, 4.69) is 9.44 Å². The van der Waals surface area contributed by atoms with Crippen molar-refractivity contribution < 1.29 is 26.2 Å². The van der Waals surface area contributed by atoms with Crippen molar-refractivity contribution >= 4 is 31.4 Å². The van der Waals surface area contributed by atoms with Crippen molar-refractivity contribution in [2.45, 2.75) is 6.42 Å². The molecule has 1 atom stereocenters. The first-order chi connectivity index (χ1) is 13.8. The maximum absolute atomic E-state index is 12.6. The monoisotopic (exact) mass is 457 g/mol. The predicted octanol–water partition coefficient (Wildman–Crippen LogP) is 2.00. The fourth-order valence-electron chi connectivity index (χ4n) is 2.62. The number of likely N-dealkylation sites (N-methyl/N-ethyl adjacent to an activating group) is 1. The van der Waals surface area contributed by atoms with Crippen molar-refractivity contribution in [2.75, 3.05) is 48.7 Å². The zero-order valence-electron chi connectivity index (χ0n) is 17.2. The van der Waals surface area contributed by atoms with Gasteiger partial charge in [0.15, 0.2) is 0 Å². The number of anilines is 2. The fourth-order valence-corrected chi connectivity index (χ4v) is 3.75. The number of benzene rings is 2. The predicted molar refractivity (Wildman–Crippen MR) is 118 cm³/mol. The first-order valence-corrected chi connectivity index (χ1v) is 12.9. The summed E-state index contributed by atoms with van der Waals surface area (Å²) in [6.45, 7) is 0.812. The number of rotatable bonds is 11. The lowest BCUT2D eigenvalue weighted by Gasteiger charge is -2.38. The van der Waals surface area contributed by atoms with Crippen molar-refractivity contribution in [3.63, 3.8) is 0 Å². The molecule has 166 valence electrons. The smallest absolute Gasteiger partial charge is 0.229 e. The summed E-state index contributed by atoms with van der Waals surface area (Å²) in [6.07, 6.45) is 2.71. The minimum Gasteiger partial charge on any atom is -0.633 e. The number of hydrogen-bond acceptors (Lipinski definition) is 6. The summed E-state index contributed by atoms with van der Waals surface area (Å²) in [7, 11) is -5.08. The average molecular weight is 458 g/mol. The Labute approximate surface area is 177 Å². The van der Waals surface area contributed by atoms with Crippen molar-refractivity contribution in [1.82, 2.24) is 0 Å². The van der Waals surface area contributed by atoms with Gasteiger partial charge in [0.2, 0.25) is 20.0 Å². The van der Waals surface area contributed by atoms with E-state index >= 15 is 0 Å². The molecule has 0 aliphatic rings. The van der Waals surface area contributed by atoms with Crippen LogP contribution in [0.3, 0.4) is 0 Å². The van der Waals surface area contributed by atoms with Crippen LogP contribution in [0.4, 0.5) is 11.4 Å². The number of ether oxygens (including phenoxy) is 1. The van der Waals surface area contributed by atoms with E-state index in [0.717, 1.165) is 18.1 Å². The highest BCUT2D eigenvalue weighted by atomic mass is 32.2. The van der Waals surface area contributed by atoms with Crippen LogP contribution in [0.15, 0.2) is 48.5 Å². The molecule has 0 radical (unpaired) electrons. The van der Waals surface area contributed by atoms with Crippen molar-refractivity contribution in [1.29, 1.82) is 0 Å². The Morgan fingerprint density at radius 3 is 1.77 bits per heavy atom. The lowest BCUT2D eigenvalue weighted by molar-refractivity contribution is -0.860. The standard InChI is InChI=1S/C19H27N3O6S2/c1-22(23,13-12-16-4-6-17(7-5-16)20-29(2,24)25)14-15-28-19-10-8-18(9-11-19)21-30(3,26)27/h4-11,20-21H,12-15H2,1-3H3. The molecule has 9 nitrogen and oxygen atoms in total. The third-order valence-corrected chi connectivity index (χ3v) is 5.33. The summed E-state index contributed by atoms with van der Waals surface area (Å²) < 4.78 is 54.7. The van der Waals surface area contributed by atoms with Crippen LogP contribution < -0.4 is 14.2 Å². The van der Waals surface area contributed by atoms with Gasteiger partial charge in [-0.2, -0.15) is 0 Å². The summed E-state index contributed by atoms with van der Waals surface area (Å²) >= 11 is 0. The Bertz CT molecular complexity index is 1030. The number of nitrogens with zero attached hydrogens (tertiary/aromatic N) is 1. The zero-order chi connectivity index (χ0) is 22.4. The van der Waals surface area contributed by atoms with Gasteiger partial charge in [-0.1, -0.05) is 12.1 Å². The molecule has 11 heteroatoms. The molecule has 0 aliphatic carbocycles. The largest absolute Gasteiger partial charge is 0.633 e. The molecule has 0 saturated carbocycles. The summed E-state index contributed by atoms with van der Waals surface area (Å²) in [5.41, 5.74) is 1.85. The third-order valence-electron chi connectivity index (χ3n) is 4.12. The van der Waals surface area contributed by atoms with Crippen LogP contribution in [0.5, 0.6) is 5.75 Å². The molecule has 0 bridgehead atoms. The van der Waals surface area contributed by atoms with Crippen molar-refractivity contribution in [2.24, 2.45) is 0 Å². The molecule has 0 amide bonds. The van der Waals surface area contributed by atoms with E-state index < -0.39 is 24.7 Å². The summed E-state index contributed by atoms with van der Waals surface area (Å²) in [5, 5.41) is 12.6. The number of quaternary nitrogens is 1. The molecule has 0 aromatic heterocycles. The van der Waals surface area contributed by atoms with E-state index in [9.17, 15) is 22.0 Å². The van der Waals surface area contributed by atoms with Crippen LogP contribution in [0.2, 0.25) is 0 Å². The Balaban J connectivity index is 1.78. The average Bonchev–Trinajstić information content (AvgIpc) is 2.60. The molecule has 30 heavy (non-hydrogen) atoms. The second-order valence-electron chi connectivity index (χ2n) is 7.31. The van der Waals surface area contributed by atoms with Gasteiger partial charge in [-0.3, -0.25) is 9.44 Å². The van der Waals surface area contributed by atoms with Crippen LogP contribution in [-0.2, 0) is 26.5 Å². The first-order valence-electron chi connectivity index (χ1n) is 9.14. The molecular weight excluding hydrogens is 430 g/mol. The number of sulfonamides is 2. The highest BCUT2D eigenvalue weighted by Crippen LogP contribution is 2.17. The van der Waals surface area contributed by atoms with Gasteiger partial charge in [-0.15, -0.1) is 0 Å². The quantitative estimate of drug-likeness (QED) is 0.393. The topological polar surface area (TPSA) is 125 Å². The first kappa shape index (κ1) is 23.9. The van der Waals surface area contributed by atoms with Gasteiger partial charge >= 0.3 is 0 Å². The van der Waals surface area contributed by atoms with Gasteiger partial charge in [0.1, 0.15) is 18.9 Å². The van der Waals surface area contributed by atoms with E-state index in [0.29, 0.717) is 30.1 Å². The molecule has 2 rings (SSSR count). The molecule has 1 unspecified atom stereocenters. The van der Waals surface area contributed by atoms with E-state index in [4.69, 9.17) is 4.74 Å². The van der Waals surface area contributed by atoms with E-state index in [-0.39, 0.29) is 13.2 Å². The van der Waals surface area contributed by atoms with Crippen LogP contribution in [0.25, 0.3) is 0 Å². The van der Waals surface area contributed by atoms with Gasteiger partial charge in [-0.25, -0.2) is 16.8 Å². The second-order valence-corrected chi connectivity index (χ2v) is 10.8. The molecule has 0 fully saturated rings. The minimum atomic E-state index is -3.33. The van der Waals surface area contributed by atoms with E-state index in [1.165, 1.54) is 0 Å². The molecule has 2 N–H and O–H groups in total. The third kappa shape index (κ3) is 9.44. The molecule has 2 aromatic rings. The SMILES string of the molecule is C[N+]([O-])(CCOc1ccc(NS(C)(=O)=O)cc1)CCc1ccc(NS(C)(=O)=O)cc1. The Kier molecular flexibility index (Phi) is 7.70. The van der Waals surface area contributed by atoms with Gasteiger partial charge in [0.05, 0.1) is 26.1 Å². The Morgan fingerprint density at radius 1 is 0.833 bits per heavy atom. The summed E-state index contributed by atoms with van der Waals surface area (Å²) in [5.74, 6) is 0.544. The second kappa shape index (κ2) is 9.65. The van der Waals surface area contributed by atoms with E-state index in [1.807, 2.05) is 0 Å². The lowest BCUT2D eigenvalue weighted by Crippen LogP contribution is -2.42. The summed E-state index contributed by atoms with van der Waals surface area (Å²) in [6, 6.07) is 13.3. The van der Waals surface area contributed by atoms with Crippen LogP contribution in [0.1, 0.15) is 5.56 Å². The zero-order valence-corrected chi connectivity index (χ0v) is 18.8.